The highest BCUT2D eigenvalue weighted by molar-refractivity contribution is 7.90. The van der Waals surface area contributed by atoms with Crippen molar-refractivity contribution < 1.29 is 22.7 Å². The lowest BCUT2D eigenvalue weighted by Gasteiger charge is -2.17. The van der Waals surface area contributed by atoms with Gasteiger partial charge in [0.2, 0.25) is 0 Å². The van der Waals surface area contributed by atoms with Gasteiger partial charge in [0, 0.05) is 11.8 Å². The van der Waals surface area contributed by atoms with E-state index < -0.39 is 9.84 Å². The monoisotopic (exact) mass is 363 g/mol. The van der Waals surface area contributed by atoms with Crippen LogP contribution in [-0.2, 0) is 9.84 Å². The Kier molecular flexibility index (Phi) is 5.69. The molecule has 1 unspecified atom stereocenters. The van der Waals surface area contributed by atoms with Gasteiger partial charge in [-0.15, -0.1) is 0 Å². The second-order valence-electron chi connectivity index (χ2n) is 5.61. The molecule has 0 aliphatic heterocycles. The molecule has 6 nitrogen and oxygen atoms in total. The molecule has 0 bridgehead atoms. The molecule has 2 aromatic rings. The molecule has 1 amide bonds. The average Bonchev–Trinajstić information content (AvgIpc) is 2.60. The fourth-order valence-corrected chi connectivity index (χ4v) is 3.02. The summed E-state index contributed by atoms with van der Waals surface area (Å²) >= 11 is 0. The van der Waals surface area contributed by atoms with Crippen molar-refractivity contribution in [3.8, 4) is 11.5 Å². The summed E-state index contributed by atoms with van der Waals surface area (Å²) in [6.45, 7) is 1.83. The Balaban J connectivity index is 2.20. The van der Waals surface area contributed by atoms with Gasteiger partial charge < -0.3 is 14.8 Å². The zero-order valence-corrected chi connectivity index (χ0v) is 15.4. The SMILES string of the molecule is COc1ccc(C(C)NC(=O)c2cccc(S(C)(=O)=O)c2)cc1OC. The van der Waals surface area contributed by atoms with Gasteiger partial charge in [-0.25, -0.2) is 8.42 Å². The van der Waals surface area contributed by atoms with Crippen LogP contribution in [-0.4, -0.2) is 34.8 Å². The normalized spacial score (nSPS) is 12.3. The summed E-state index contributed by atoms with van der Waals surface area (Å²) in [5.41, 5.74) is 1.13. The van der Waals surface area contributed by atoms with E-state index in [-0.39, 0.29) is 22.4 Å². The van der Waals surface area contributed by atoms with Crippen LogP contribution in [0.25, 0.3) is 0 Å². The number of methoxy groups -OCH3 is 2. The number of carbonyl (C=O) groups is 1. The number of sulfone groups is 1. The summed E-state index contributed by atoms with van der Waals surface area (Å²) in [4.78, 5) is 12.5. The van der Waals surface area contributed by atoms with E-state index in [0.29, 0.717) is 11.5 Å². The van der Waals surface area contributed by atoms with Crippen LogP contribution in [0.2, 0.25) is 0 Å². The maximum atomic E-state index is 12.4. The van der Waals surface area contributed by atoms with Crippen molar-refractivity contribution >= 4 is 15.7 Å². The maximum Gasteiger partial charge on any atom is 0.251 e. The number of carbonyl (C=O) groups excluding carboxylic acids is 1. The van der Waals surface area contributed by atoms with Gasteiger partial charge in [0.25, 0.3) is 5.91 Å². The van der Waals surface area contributed by atoms with Crippen molar-refractivity contribution in [3.05, 3.63) is 53.6 Å². The molecular weight excluding hydrogens is 342 g/mol. The fraction of sp³-hybridized carbons (Fsp3) is 0.278. The number of amides is 1. The predicted molar refractivity (Wildman–Crippen MR) is 95.0 cm³/mol. The fourth-order valence-electron chi connectivity index (χ4n) is 2.35. The average molecular weight is 363 g/mol. The Labute approximate surface area is 147 Å². The molecule has 0 aliphatic rings. The predicted octanol–water partition coefficient (Wildman–Crippen LogP) is 2.60. The first kappa shape index (κ1) is 18.8. The summed E-state index contributed by atoms with van der Waals surface area (Å²) in [6, 6.07) is 11.0. The lowest BCUT2D eigenvalue weighted by molar-refractivity contribution is 0.0939. The van der Waals surface area contributed by atoms with Crippen LogP contribution in [0.4, 0.5) is 0 Å². The third kappa shape index (κ3) is 4.51. The second kappa shape index (κ2) is 7.57. The third-order valence-electron chi connectivity index (χ3n) is 3.78. The first-order valence-electron chi connectivity index (χ1n) is 7.59. The molecule has 2 aromatic carbocycles. The van der Waals surface area contributed by atoms with E-state index in [2.05, 4.69) is 5.32 Å². The lowest BCUT2D eigenvalue weighted by atomic mass is 10.1. The van der Waals surface area contributed by atoms with Gasteiger partial charge in [0.1, 0.15) is 0 Å². The minimum absolute atomic E-state index is 0.110. The van der Waals surface area contributed by atoms with Crippen molar-refractivity contribution in [2.75, 3.05) is 20.5 Å². The van der Waals surface area contributed by atoms with E-state index in [1.54, 1.807) is 38.5 Å². The largest absolute Gasteiger partial charge is 0.493 e. The van der Waals surface area contributed by atoms with Gasteiger partial charge >= 0.3 is 0 Å². The highest BCUT2D eigenvalue weighted by atomic mass is 32.2. The zero-order chi connectivity index (χ0) is 18.6. The van der Waals surface area contributed by atoms with Gasteiger partial charge in [0.15, 0.2) is 21.3 Å². The van der Waals surface area contributed by atoms with Gasteiger partial charge in [0.05, 0.1) is 25.2 Å². The molecular formula is C18H21NO5S. The molecule has 0 radical (unpaired) electrons. The number of hydrogen-bond donors (Lipinski definition) is 1. The molecule has 0 fully saturated rings. The summed E-state index contributed by atoms with van der Waals surface area (Å²) < 4.78 is 33.7. The number of ether oxygens (including phenoxy) is 2. The van der Waals surface area contributed by atoms with Crippen LogP contribution in [0.15, 0.2) is 47.4 Å². The summed E-state index contributed by atoms with van der Waals surface area (Å²) in [6.07, 6.45) is 1.11. The molecule has 7 heteroatoms. The van der Waals surface area contributed by atoms with E-state index in [4.69, 9.17) is 9.47 Å². The van der Waals surface area contributed by atoms with Crippen LogP contribution >= 0.6 is 0 Å². The molecule has 0 aliphatic carbocycles. The Morgan fingerprint density at radius 2 is 1.72 bits per heavy atom. The topological polar surface area (TPSA) is 81.7 Å². The first-order valence-corrected chi connectivity index (χ1v) is 9.48. The Morgan fingerprint density at radius 1 is 1.04 bits per heavy atom. The number of hydrogen-bond acceptors (Lipinski definition) is 5. The molecule has 1 atom stereocenters. The first-order chi connectivity index (χ1) is 11.8. The Hall–Kier alpha value is -2.54. The highest BCUT2D eigenvalue weighted by Crippen LogP contribution is 2.30. The standard InChI is InChI=1S/C18H21NO5S/c1-12(13-8-9-16(23-2)17(11-13)24-3)19-18(20)14-6-5-7-15(10-14)25(4,21)22/h5-12H,1-4H3,(H,19,20). The van der Waals surface area contributed by atoms with Crippen LogP contribution in [0.1, 0.15) is 28.9 Å². The lowest BCUT2D eigenvalue weighted by Crippen LogP contribution is -2.26. The smallest absolute Gasteiger partial charge is 0.251 e. The summed E-state index contributed by atoms with van der Waals surface area (Å²) in [5, 5.41) is 2.85. The van der Waals surface area contributed by atoms with Gasteiger partial charge in [-0.3, -0.25) is 4.79 Å². The minimum Gasteiger partial charge on any atom is -0.493 e. The molecule has 0 heterocycles. The Bertz CT molecular complexity index is 877. The molecule has 0 aromatic heterocycles. The van der Waals surface area contributed by atoms with E-state index >= 15 is 0 Å². The second-order valence-corrected chi connectivity index (χ2v) is 7.63. The van der Waals surface area contributed by atoms with E-state index in [9.17, 15) is 13.2 Å². The third-order valence-corrected chi connectivity index (χ3v) is 4.89. The van der Waals surface area contributed by atoms with Crippen molar-refractivity contribution in [2.24, 2.45) is 0 Å². The maximum absolute atomic E-state index is 12.4. The number of benzene rings is 2. The molecule has 0 spiro atoms. The van der Waals surface area contributed by atoms with Crippen LogP contribution in [0, 0.1) is 0 Å². The van der Waals surface area contributed by atoms with Crippen LogP contribution < -0.4 is 14.8 Å². The minimum atomic E-state index is -3.37. The molecule has 0 saturated heterocycles. The zero-order valence-electron chi connectivity index (χ0n) is 14.6. The number of nitrogens with one attached hydrogen (secondary N) is 1. The van der Waals surface area contributed by atoms with Gasteiger partial charge in [-0.1, -0.05) is 12.1 Å². The van der Waals surface area contributed by atoms with E-state index in [0.717, 1.165) is 11.8 Å². The van der Waals surface area contributed by atoms with Crippen molar-refractivity contribution in [1.82, 2.24) is 5.32 Å². The quantitative estimate of drug-likeness (QED) is 0.853. The van der Waals surface area contributed by atoms with Crippen molar-refractivity contribution in [2.45, 2.75) is 17.9 Å². The van der Waals surface area contributed by atoms with Crippen molar-refractivity contribution in [3.63, 3.8) is 0 Å². The van der Waals surface area contributed by atoms with Crippen LogP contribution in [0.5, 0.6) is 11.5 Å². The van der Waals surface area contributed by atoms with Crippen molar-refractivity contribution in [1.29, 1.82) is 0 Å². The molecule has 2 rings (SSSR count). The van der Waals surface area contributed by atoms with Crippen LogP contribution in [0.3, 0.4) is 0 Å². The molecule has 1 N–H and O–H groups in total. The van der Waals surface area contributed by atoms with Gasteiger partial charge in [-0.05, 0) is 42.8 Å². The number of rotatable bonds is 6. The van der Waals surface area contributed by atoms with E-state index in [1.807, 2.05) is 13.0 Å². The van der Waals surface area contributed by atoms with E-state index in [1.165, 1.54) is 12.1 Å². The molecule has 134 valence electrons. The highest BCUT2D eigenvalue weighted by Gasteiger charge is 2.16. The molecule has 0 saturated carbocycles. The Morgan fingerprint density at radius 3 is 2.32 bits per heavy atom. The molecule has 25 heavy (non-hydrogen) atoms. The summed E-state index contributed by atoms with van der Waals surface area (Å²) in [5.74, 6) is 0.818. The van der Waals surface area contributed by atoms with Gasteiger partial charge in [-0.2, -0.15) is 0 Å². The summed E-state index contributed by atoms with van der Waals surface area (Å²) in [7, 11) is -0.270.